The lowest BCUT2D eigenvalue weighted by atomic mass is 10.2. The predicted octanol–water partition coefficient (Wildman–Crippen LogP) is 2.97. The van der Waals surface area contributed by atoms with Crippen molar-refractivity contribution >= 4 is 13.4 Å². The van der Waals surface area contributed by atoms with Gasteiger partial charge in [0.25, 0.3) is 0 Å². The molecule has 0 saturated carbocycles. The molecule has 0 aliphatic carbocycles. The summed E-state index contributed by atoms with van der Waals surface area (Å²) >= 11 is 0. The highest BCUT2D eigenvalue weighted by Crippen LogP contribution is 2.34. The number of hydrogen-bond donors (Lipinski definition) is 1. The van der Waals surface area contributed by atoms with Gasteiger partial charge in [0.1, 0.15) is 0 Å². The van der Waals surface area contributed by atoms with Gasteiger partial charge in [0.05, 0.1) is 0 Å². The maximum Gasteiger partial charge on any atom is 0.187 e. The Labute approximate surface area is 101 Å². The van der Waals surface area contributed by atoms with Gasteiger partial charge in [0.2, 0.25) is 0 Å². The molecule has 0 bridgehead atoms. The van der Waals surface area contributed by atoms with Crippen molar-refractivity contribution in [3.63, 3.8) is 0 Å². The number of rotatable bonds is 4. The summed E-state index contributed by atoms with van der Waals surface area (Å²) in [7, 11) is -1.83. The highest BCUT2D eigenvalue weighted by atomic mass is 28.3. The summed E-state index contributed by atoms with van der Waals surface area (Å²) in [6.45, 7) is 14.2. The van der Waals surface area contributed by atoms with Gasteiger partial charge in [-0.25, -0.2) is 0 Å². The van der Waals surface area contributed by atoms with Crippen molar-refractivity contribution in [2.75, 3.05) is 6.54 Å². The monoisotopic (exact) mass is 233 g/mol. The van der Waals surface area contributed by atoms with E-state index in [2.05, 4.69) is 75.3 Å². The van der Waals surface area contributed by atoms with Gasteiger partial charge < -0.3 is 4.98 Å². The molecule has 0 radical (unpaired) electrons. The maximum absolute atomic E-state index is 4.09. The molecule has 1 nitrogen and oxygen atoms in total. The van der Waals surface area contributed by atoms with Crippen LogP contribution in [0.4, 0.5) is 0 Å². The standard InChI is InChI=1S/C14H23NSi/c1-6-15-16(7-2,14(3,4)5)13-11-9-8-10-12-13/h7-12,15H,2,6H2,1,3-5H3. The summed E-state index contributed by atoms with van der Waals surface area (Å²) in [4.78, 5) is 3.72. The quantitative estimate of drug-likeness (QED) is 0.788. The Hall–Kier alpha value is -0.863. The van der Waals surface area contributed by atoms with Crippen LogP contribution in [-0.4, -0.2) is 14.8 Å². The molecule has 0 amide bonds. The topological polar surface area (TPSA) is 12.0 Å². The van der Waals surface area contributed by atoms with Crippen LogP contribution in [-0.2, 0) is 0 Å². The second kappa shape index (κ2) is 4.98. The second-order valence-electron chi connectivity index (χ2n) is 5.16. The van der Waals surface area contributed by atoms with Crippen LogP contribution in [0.3, 0.4) is 0 Å². The van der Waals surface area contributed by atoms with E-state index in [0.717, 1.165) is 6.54 Å². The van der Waals surface area contributed by atoms with Crippen molar-refractivity contribution < 1.29 is 0 Å². The minimum atomic E-state index is -1.83. The van der Waals surface area contributed by atoms with E-state index in [-0.39, 0.29) is 5.04 Å². The first-order chi connectivity index (χ1) is 7.48. The third-order valence-electron chi connectivity index (χ3n) is 3.17. The summed E-state index contributed by atoms with van der Waals surface area (Å²) in [6.07, 6.45) is 0. The Bertz CT molecular complexity index is 340. The smallest absolute Gasteiger partial charge is 0.187 e. The summed E-state index contributed by atoms with van der Waals surface area (Å²) in [5, 5.41) is 1.64. The van der Waals surface area contributed by atoms with Gasteiger partial charge in [-0.1, -0.05) is 63.7 Å². The third-order valence-corrected chi connectivity index (χ3v) is 8.31. The summed E-state index contributed by atoms with van der Waals surface area (Å²) in [5.74, 6) is 0. The van der Waals surface area contributed by atoms with Gasteiger partial charge in [-0.05, 0) is 16.8 Å². The fourth-order valence-corrected chi connectivity index (χ4v) is 6.15. The number of hydrogen-bond acceptors (Lipinski definition) is 1. The van der Waals surface area contributed by atoms with E-state index in [1.165, 1.54) is 5.19 Å². The highest BCUT2D eigenvalue weighted by Gasteiger charge is 2.43. The van der Waals surface area contributed by atoms with Gasteiger partial charge in [-0.2, -0.15) is 0 Å². The first-order valence-electron chi connectivity index (χ1n) is 5.92. The molecule has 0 saturated heterocycles. The van der Waals surface area contributed by atoms with Crippen LogP contribution in [0, 0.1) is 0 Å². The molecule has 88 valence electrons. The number of benzene rings is 1. The normalized spacial score (nSPS) is 15.5. The lowest BCUT2D eigenvalue weighted by molar-refractivity contribution is 0.703. The van der Waals surface area contributed by atoms with Crippen LogP contribution in [0.2, 0.25) is 5.04 Å². The van der Waals surface area contributed by atoms with E-state index < -0.39 is 8.24 Å². The average molecular weight is 233 g/mol. The molecule has 1 rings (SSSR count). The van der Waals surface area contributed by atoms with Crippen molar-refractivity contribution in [1.29, 1.82) is 0 Å². The molecule has 1 N–H and O–H groups in total. The maximum atomic E-state index is 4.09. The van der Waals surface area contributed by atoms with Gasteiger partial charge in [-0.3, -0.25) is 0 Å². The first kappa shape index (κ1) is 13.2. The molecule has 0 fully saturated rings. The van der Waals surface area contributed by atoms with Gasteiger partial charge in [0, 0.05) is 0 Å². The molecule has 1 aromatic carbocycles. The lowest BCUT2D eigenvalue weighted by Gasteiger charge is -2.41. The highest BCUT2D eigenvalue weighted by molar-refractivity contribution is 6.96. The van der Waals surface area contributed by atoms with Crippen molar-refractivity contribution in [2.45, 2.75) is 32.7 Å². The van der Waals surface area contributed by atoms with E-state index in [9.17, 15) is 0 Å². The van der Waals surface area contributed by atoms with E-state index in [4.69, 9.17) is 0 Å². The average Bonchev–Trinajstić information content (AvgIpc) is 2.25. The third kappa shape index (κ3) is 2.28. The molecule has 1 aromatic rings. The Morgan fingerprint density at radius 2 is 1.81 bits per heavy atom. The van der Waals surface area contributed by atoms with Gasteiger partial charge in [0.15, 0.2) is 8.24 Å². The van der Waals surface area contributed by atoms with Crippen molar-refractivity contribution in [3.8, 4) is 0 Å². The van der Waals surface area contributed by atoms with Crippen LogP contribution in [0.5, 0.6) is 0 Å². The fourth-order valence-electron chi connectivity index (χ4n) is 2.28. The Kier molecular flexibility index (Phi) is 4.11. The molecule has 0 aliphatic heterocycles. The van der Waals surface area contributed by atoms with Crippen LogP contribution in [0.15, 0.2) is 42.6 Å². The Morgan fingerprint density at radius 3 is 2.19 bits per heavy atom. The summed E-state index contributed by atoms with van der Waals surface area (Å²) < 4.78 is 0. The van der Waals surface area contributed by atoms with Crippen molar-refractivity contribution in [1.82, 2.24) is 4.98 Å². The fraction of sp³-hybridized carbons (Fsp3) is 0.429. The van der Waals surface area contributed by atoms with Gasteiger partial charge in [-0.15, -0.1) is 6.58 Å². The van der Waals surface area contributed by atoms with E-state index in [0.29, 0.717) is 0 Å². The van der Waals surface area contributed by atoms with Crippen LogP contribution in [0.1, 0.15) is 27.7 Å². The Morgan fingerprint density at radius 1 is 1.25 bits per heavy atom. The molecule has 1 unspecified atom stereocenters. The zero-order chi connectivity index (χ0) is 12.2. The molecule has 0 heterocycles. The summed E-state index contributed by atoms with van der Waals surface area (Å²) in [5.41, 5.74) is 2.17. The molecule has 0 spiro atoms. The molecular formula is C14H23NSi. The van der Waals surface area contributed by atoms with Crippen molar-refractivity contribution in [3.05, 3.63) is 42.6 Å². The summed E-state index contributed by atoms with van der Waals surface area (Å²) in [6, 6.07) is 10.7. The molecular weight excluding hydrogens is 210 g/mol. The van der Waals surface area contributed by atoms with E-state index in [1.54, 1.807) is 0 Å². The van der Waals surface area contributed by atoms with Crippen LogP contribution >= 0.6 is 0 Å². The van der Waals surface area contributed by atoms with Crippen molar-refractivity contribution in [2.24, 2.45) is 0 Å². The van der Waals surface area contributed by atoms with E-state index >= 15 is 0 Å². The van der Waals surface area contributed by atoms with E-state index in [1.807, 2.05) is 0 Å². The molecule has 2 heteroatoms. The zero-order valence-electron chi connectivity index (χ0n) is 10.9. The van der Waals surface area contributed by atoms with Crippen LogP contribution < -0.4 is 10.2 Å². The first-order valence-corrected chi connectivity index (χ1v) is 8.00. The zero-order valence-corrected chi connectivity index (χ0v) is 11.9. The predicted molar refractivity (Wildman–Crippen MR) is 75.4 cm³/mol. The molecule has 16 heavy (non-hydrogen) atoms. The molecule has 0 aliphatic rings. The molecule has 1 atom stereocenters. The number of nitrogens with one attached hydrogen (secondary N) is 1. The lowest BCUT2D eigenvalue weighted by Crippen LogP contribution is -2.64. The molecule has 0 aromatic heterocycles. The Balaban J connectivity index is 3.29. The second-order valence-corrected chi connectivity index (χ2v) is 9.61. The minimum Gasteiger partial charge on any atom is -0.331 e. The largest absolute Gasteiger partial charge is 0.331 e. The minimum absolute atomic E-state index is 0.228. The van der Waals surface area contributed by atoms with Gasteiger partial charge >= 0.3 is 0 Å². The van der Waals surface area contributed by atoms with Crippen LogP contribution in [0.25, 0.3) is 0 Å². The SMILES string of the molecule is C=C[Si](NCC)(c1ccccc1)C(C)(C)C.